The molecule has 0 fully saturated rings. The quantitative estimate of drug-likeness (QED) is 0.787. The van der Waals surface area contributed by atoms with Gasteiger partial charge in [-0.3, -0.25) is 4.40 Å². The van der Waals surface area contributed by atoms with Gasteiger partial charge in [-0.25, -0.2) is 4.98 Å². The number of aromatic nitrogens is 2. The van der Waals surface area contributed by atoms with E-state index >= 15 is 0 Å². The highest BCUT2D eigenvalue weighted by Crippen LogP contribution is 2.25. The molecular weight excluding hydrogens is 246 g/mol. The fraction of sp³-hybridized carbons (Fsp3) is 0.235. The number of nitrogens with two attached hydrogens (primary N) is 1. The molecule has 0 bridgehead atoms. The van der Waals surface area contributed by atoms with Gasteiger partial charge in [0, 0.05) is 11.8 Å². The van der Waals surface area contributed by atoms with E-state index in [1.807, 2.05) is 6.07 Å². The van der Waals surface area contributed by atoms with Gasteiger partial charge in [0.15, 0.2) is 0 Å². The van der Waals surface area contributed by atoms with Crippen molar-refractivity contribution in [3.63, 3.8) is 0 Å². The van der Waals surface area contributed by atoms with E-state index in [1.165, 1.54) is 16.6 Å². The second-order valence-corrected chi connectivity index (χ2v) is 5.05. The third-order valence-electron chi connectivity index (χ3n) is 3.63. The Hall–Kier alpha value is -2.13. The third kappa shape index (κ3) is 2.21. The fourth-order valence-electron chi connectivity index (χ4n) is 2.57. The minimum atomic E-state index is 0.700. The number of imidazole rings is 1. The predicted molar refractivity (Wildman–Crippen MR) is 82.7 cm³/mol. The number of rotatable bonds is 4. The lowest BCUT2D eigenvalue weighted by Gasteiger charge is -2.04. The van der Waals surface area contributed by atoms with Crippen LogP contribution in [0.25, 0.3) is 16.9 Å². The maximum Gasteiger partial charge on any atom is 0.145 e. The van der Waals surface area contributed by atoms with Gasteiger partial charge in [0.05, 0.1) is 11.2 Å². The van der Waals surface area contributed by atoms with Crippen LogP contribution in [0.3, 0.4) is 0 Å². The van der Waals surface area contributed by atoms with Gasteiger partial charge >= 0.3 is 0 Å². The molecule has 0 saturated carbocycles. The zero-order valence-corrected chi connectivity index (χ0v) is 11.7. The largest absolute Gasteiger partial charge is 0.330 e. The van der Waals surface area contributed by atoms with Gasteiger partial charge < -0.3 is 5.73 Å². The average Bonchev–Trinajstić information content (AvgIpc) is 2.84. The zero-order valence-electron chi connectivity index (χ0n) is 11.7. The highest BCUT2D eigenvalue weighted by molar-refractivity contribution is 5.67. The van der Waals surface area contributed by atoms with Crippen LogP contribution in [-0.2, 0) is 6.42 Å². The highest BCUT2D eigenvalue weighted by atomic mass is 15.0. The molecule has 0 amide bonds. The van der Waals surface area contributed by atoms with E-state index in [4.69, 9.17) is 10.7 Å². The van der Waals surface area contributed by atoms with Crippen LogP contribution in [0.15, 0.2) is 48.7 Å². The van der Waals surface area contributed by atoms with Crippen molar-refractivity contribution < 1.29 is 0 Å². The molecule has 0 aliphatic carbocycles. The topological polar surface area (TPSA) is 43.3 Å². The molecule has 0 aliphatic heterocycles. The maximum atomic E-state index is 5.63. The molecule has 20 heavy (non-hydrogen) atoms. The van der Waals surface area contributed by atoms with E-state index in [2.05, 4.69) is 53.9 Å². The van der Waals surface area contributed by atoms with Crippen molar-refractivity contribution in [2.75, 3.05) is 6.54 Å². The summed E-state index contributed by atoms with van der Waals surface area (Å²) < 4.78 is 2.17. The highest BCUT2D eigenvalue weighted by Gasteiger charge is 2.13. The Morgan fingerprint density at radius 3 is 2.70 bits per heavy atom. The summed E-state index contributed by atoms with van der Waals surface area (Å²) in [6.07, 6.45) is 3.97. The van der Waals surface area contributed by atoms with E-state index < -0.39 is 0 Å². The van der Waals surface area contributed by atoms with Gasteiger partial charge in [0.1, 0.15) is 5.82 Å². The number of nitrogens with zero attached hydrogens (tertiary/aromatic N) is 2. The van der Waals surface area contributed by atoms with Crippen molar-refractivity contribution >= 4 is 5.52 Å². The standard InChI is InChI=1S/C17H19N3/c1-13-7-2-3-8-14(13)17-19-15(9-6-11-18)16-10-4-5-12-20(16)17/h2-5,7-8,10,12H,6,9,11,18H2,1H3. The molecule has 3 nitrogen and oxygen atoms in total. The first-order valence-corrected chi connectivity index (χ1v) is 7.03. The average molecular weight is 265 g/mol. The Morgan fingerprint density at radius 2 is 1.90 bits per heavy atom. The van der Waals surface area contributed by atoms with Gasteiger partial charge in [-0.15, -0.1) is 0 Å². The summed E-state index contributed by atoms with van der Waals surface area (Å²) in [7, 11) is 0. The number of hydrogen-bond acceptors (Lipinski definition) is 2. The lowest BCUT2D eigenvalue weighted by molar-refractivity contribution is 0.820. The summed E-state index contributed by atoms with van der Waals surface area (Å²) in [6.45, 7) is 2.82. The number of aryl methyl sites for hydroxylation is 2. The van der Waals surface area contributed by atoms with Crippen LogP contribution in [0.5, 0.6) is 0 Å². The smallest absolute Gasteiger partial charge is 0.145 e. The third-order valence-corrected chi connectivity index (χ3v) is 3.63. The first kappa shape index (κ1) is 12.9. The SMILES string of the molecule is Cc1ccccc1-c1nc(CCCN)c2ccccn12. The second-order valence-electron chi connectivity index (χ2n) is 5.05. The maximum absolute atomic E-state index is 5.63. The van der Waals surface area contributed by atoms with Crippen molar-refractivity contribution in [1.29, 1.82) is 0 Å². The van der Waals surface area contributed by atoms with Crippen molar-refractivity contribution in [3.05, 3.63) is 59.9 Å². The van der Waals surface area contributed by atoms with Gasteiger partial charge in [0.2, 0.25) is 0 Å². The molecule has 2 N–H and O–H groups in total. The van der Waals surface area contributed by atoms with Gasteiger partial charge in [-0.05, 0) is 44.0 Å². The summed E-state index contributed by atoms with van der Waals surface area (Å²) in [5.74, 6) is 1.02. The second kappa shape index (κ2) is 5.47. The summed E-state index contributed by atoms with van der Waals surface area (Å²) in [4.78, 5) is 4.87. The molecule has 2 aromatic heterocycles. The minimum Gasteiger partial charge on any atom is -0.330 e. The van der Waals surface area contributed by atoms with Crippen LogP contribution in [0, 0.1) is 6.92 Å². The predicted octanol–water partition coefficient (Wildman–Crippen LogP) is 3.20. The van der Waals surface area contributed by atoms with Crippen molar-refractivity contribution in [2.45, 2.75) is 19.8 Å². The Balaban J connectivity index is 2.19. The van der Waals surface area contributed by atoms with E-state index in [9.17, 15) is 0 Å². The summed E-state index contributed by atoms with van der Waals surface area (Å²) in [6, 6.07) is 14.6. The lowest BCUT2D eigenvalue weighted by atomic mass is 10.1. The minimum absolute atomic E-state index is 0.700. The van der Waals surface area contributed by atoms with Crippen molar-refractivity contribution in [2.24, 2.45) is 5.73 Å². The van der Waals surface area contributed by atoms with Crippen LogP contribution in [0.1, 0.15) is 17.7 Å². The Labute approximate surface area is 119 Å². The molecule has 1 aromatic carbocycles. The fourth-order valence-corrected chi connectivity index (χ4v) is 2.57. The van der Waals surface area contributed by atoms with Gasteiger partial charge in [-0.1, -0.05) is 30.3 Å². The molecular formula is C17H19N3. The monoisotopic (exact) mass is 265 g/mol. The Bertz CT molecular complexity index is 728. The van der Waals surface area contributed by atoms with Crippen molar-refractivity contribution in [1.82, 2.24) is 9.38 Å². The Morgan fingerprint density at radius 1 is 1.10 bits per heavy atom. The van der Waals surface area contributed by atoms with E-state index in [1.54, 1.807) is 0 Å². The van der Waals surface area contributed by atoms with Gasteiger partial charge in [-0.2, -0.15) is 0 Å². The van der Waals surface area contributed by atoms with E-state index in [0.29, 0.717) is 6.54 Å². The molecule has 0 atom stereocenters. The molecule has 0 saturated heterocycles. The molecule has 0 aliphatic rings. The summed E-state index contributed by atoms with van der Waals surface area (Å²) >= 11 is 0. The molecule has 2 heterocycles. The number of fused-ring (bicyclic) bond motifs is 1. The van der Waals surface area contributed by atoms with Crippen LogP contribution < -0.4 is 5.73 Å². The Kier molecular flexibility index (Phi) is 3.52. The van der Waals surface area contributed by atoms with Crippen LogP contribution >= 0.6 is 0 Å². The van der Waals surface area contributed by atoms with Gasteiger partial charge in [0.25, 0.3) is 0 Å². The lowest BCUT2D eigenvalue weighted by Crippen LogP contribution is -2.00. The molecule has 3 heteroatoms. The number of hydrogen-bond donors (Lipinski definition) is 1. The normalized spacial score (nSPS) is 11.1. The van der Waals surface area contributed by atoms with E-state index in [0.717, 1.165) is 24.4 Å². The molecule has 102 valence electrons. The van der Waals surface area contributed by atoms with Crippen molar-refractivity contribution in [3.8, 4) is 11.4 Å². The first-order chi connectivity index (χ1) is 9.81. The van der Waals surface area contributed by atoms with E-state index in [-0.39, 0.29) is 0 Å². The van der Waals surface area contributed by atoms with Crippen LogP contribution in [0.2, 0.25) is 0 Å². The zero-order chi connectivity index (χ0) is 13.9. The van der Waals surface area contributed by atoms with Crippen LogP contribution in [-0.4, -0.2) is 15.9 Å². The van der Waals surface area contributed by atoms with Crippen LogP contribution in [0.4, 0.5) is 0 Å². The summed E-state index contributed by atoms with van der Waals surface area (Å²) in [5, 5.41) is 0. The molecule has 0 unspecified atom stereocenters. The number of benzene rings is 1. The number of pyridine rings is 1. The molecule has 3 rings (SSSR count). The molecule has 0 radical (unpaired) electrons. The molecule has 0 spiro atoms. The first-order valence-electron chi connectivity index (χ1n) is 7.03. The summed E-state index contributed by atoms with van der Waals surface area (Å²) in [5.41, 5.74) is 10.4. The molecule has 3 aromatic rings.